The van der Waals surface area contributed by atoms with Gasteiger partial charge in [-0.15, -0.1) is 6.42 Å². The molecule has 2 aliphatic heterocycles. The Bertz CT molecular complexity index is 756. The van der Waals surface area contributed by atoms with Gasteiger partial charge in [-0.05, 0) is 37.5 Å². The van der Waals surface area contributed by atoms with Crippen LogP contribution in [0.3, 0.4) is 0 Å². The van der Waals surface area contributed by atoms with Crippen LogP contribution in [0, 0.1) is 12.3 Å². The number of benzene rings is 1. The molecule has 2 N–H and O–H groups in total. The highest BCUT2D eigenvalue weighted by Crippen LogP contribution is 2.28. The molecule has 2 unspecified atom stereocenters. The third-order valence-corrected chi connectivity index (χ3v) is 4.61. The summed E-state index contributed by atoms with van der Waals surface area (Å²) in [6, 6.07) is 6.63. The lowest BCUT2D eigenvalue weighted by Crippen LogP contribution is -2.42. The molecule has 0 radical (unpaired) electrons. The van der Waals surface area contributed by atoms with E-state index in [0.29, 0.717) is 28.8 Å². The second kappa shape index (κ2) is 4.64. The first-order chi connectivity index (χ1) is 10.2. The van der Waals surface area contributed by atoms with Gasteiger partial charge in [-0.25, -0.2) is 0 Å². The molecule has 2 aliphatic rings. The highest BCUT2D eigenvalue weighted by molar-refractivity contribution is 5.99. The molecule has 3 atom stereocenters. The van der Waals surface area contributed by atoms with E-state index in [-0.39, 0.29) is 11.9 Å². The van der Waals surface area contributed by atoms with E-state index < -0.39 is 0 Å². The molecule has 1 aromatic heterocycles. The summed E-state index contributed by atoms with van der Waals surface area (Å²) >= 11 is 0. The molecule has 1 aromatic carbocycles. The first-order valence-corrected chi connectivity index (χ1v) is 7.29. The molecule has 2 fully saturated rings. The van der Waals surface area contributed by atoms with E-state index in [1.54, 1.807) is 18.4 Å². The maximum Gasteiger partial charge on any atom is 0.251 e. The summed E-state index contributed by atoms with van der Waals surface area (Å²) in [5, 5.41) is 7.48. The van der Waals surface area contributed by atoms with Crippen molar-refractivity contribution in [3.05, 3.63) is 35.6 Å². The summed E-state index contributed by atoms with van der Waals surface area (Å²) in [4.78, 5) is 12.4. The van der Waals surface area contributed by atoms with Crippen molar-refractivity contribution in [3.8, 4) is 12.3 Å². The molecule has 0 spiro atoms. The van der Waals surface area contributed by atoms with Crippen LogP contribution in [-0.4, -0.2) is 24.0 Å². The molecule has 106 valence electrons. The quantitative estimate of drug-likeness (QED) is 0.828. The normalized spacial score (nSPS) is 26.9. The summed E-state index contributed by atoms with van der Waals surface area (Å²) in [5.41, 5.74) is 2.02. The second-order valence-electron chi connectivity index (χ2n) is 5.87. The van der Waals surface area contributed by atoms with Crippen LogP contribution < -0.4 is 10.6 Å². The molecular weight excluding hydrogens is 264 g/mol. The van der Waals surface area contributed by atoms with Crippen LogP contribution in [0.15, 0.2) is 28.9 Å². The monoisotopic (exact) mass is 280 g/mol. The molecule has 0 aliphatic carbocycles. The van der Waals surface area contributed by atoms with Crippen LogP contribution in [0.25, 0.3) is 11.0 Å². The summed E-state index contributed by atoms with van der Waals surface area (Å²) in [6.45, 7) is 0. The van der Waals surface area contributed by atoms with Crippen molar-refractivity contribution in [1.82, 2.24) is 10.6 Å². The smallest absolute Gasteiger partial charge is 0.251 e. The van der Waals surface area contributed by atoms with Gasteiger partial charge in [0.2, 0.25) is 0 Å². The van der Waals surface area contributed by atoms with Gasteiger partial charge in [0, 0.05) is 29.1 Å². The number of nitrogens with one attached hydrogen (secondary N) is 2. The topological polar surface area (TPSA) is 54.3 Å². The predicted octanol–water partition coefficient (Wildman–Crippen LogP) is 2.04. The Morgan fingerprint density at radius 1 is 1.43 bits per heavy atom. The number of fused-ring (bicyclic) bond motifs is 3. The lowest BCUT2D eigenvalue weighted by molar-refractivity contribution is 0.0931. The van der Waals surface area contributed by atoms with Crippen LogP contribution in [0.4, 0.5) is 0 Å². The fraction of sp³-hybridized carbons (Fsp3) is 0.353. The Balaban J connectivity index is 1.58. The number of hydrogen-bond acceptors (Lipinski definition) is 3. The van der Waals surface area contributed by atoms with Crippen LogP contribution in [0.1, 0.15) is 35.2 Å². The van der Waals surface area contributed by atoms with Crippen molar-refractivity contribution in [2.24, 2.45) is 0 Å². The molecule has 4 rings (SSSR count). The van der Waals surface area contributed by atoms with Gasteiger partial charge in [-0.3, -0.25) is 4.79 Å². The van der Waals surface area contributed by atoms with E-state index in [2.05, 4.69) is 16.6 Å². The summed E-state index contributed by atoms with van der Waals surface area (Å²) in [5.74, 6) is 2.53. The first-order valence-electron chi connectivity index (χ1n) is 7.29. The van der Waals surface area contributed by atoms with Crippen LogP contribution in [0.2, 0.25) is 0 Å². The van der Waals surface area contributed by atoms with Gasteiger partial charge in [-0.1, -0.05) is 5.92 Å². The Hall–Kier alpha value is -2.25. The fourth-order valence-corrected chi connectivity index (χ4v) is 3.52. The standard InChI is InChI=1S/C17H16N2O2/c1-2-10-9-21-16-6-3-11(7-13(10)16)17(20)19-15-8-12-4-5-14(15)18-12/h1,3,6-7,9,12,14-15,18H,4-5,8H2,(H,19,20)/t12?,14?,15-/m1/s1. The third-order valence-electron chi connectivity index (χ3n) is 4.61. The zero-order chi connectivity index (χ0) is 14.4. The molecule has 1 amide bonds. The van der Waals surface area contributed by atoms with E-state index in [0.717, 1.165) is 18.2 Å². The first kappa shape index (κ1) is 12.5. The van der Waals surface area contributed by atoms with Crippen molar-refractivity contribution in [2.75, 3.05) is 0 Å². The molecule has 4 nitrogen and oxygen atoms in total. The number of rotatable bonds is 2. The van der Waals surface area contributed by atoms with Crippen molar-refractivity contribution in [3.63, 3.8) is 0 Å². The maximum absolute atomic E-state index is 12.4. The average molecular weight is 280 g/mol. The molecule has 4 heteroatoms. The molecule has 2 aromatic rings. The molecule has 0 saturated carbocycles. The van der Waals surface area contributed by atoms with Gasteiger partial charge in [0.1, 0.15) is 11.8 Å². The van der Waals surface area contributed by atoms with Crippen molar-refractivity contribution < 1.29 is 9.21 Å². The fourth-order valence-electron chi connectivity index (χ4n) is 3.52. The van der Waals surface area contributed by atoms with E-state index in [1.807, 2.05) is 6.07 Å². The number of amides is 1. The van der Waals surface area contributed by atoms with Crippen LogP contribution in [0.5, 0.6) is 0 Å². The average Bonchev–Trinajstić information content (AvgIpc) is 3.21. The second-order valence-corrected chi connectivity index (χ2v) is 5.87. The Morgan fingerprint density at radius 3 is 3.05 bits per heavy atom. The van der Waals surface area contributed by atoms with Crippen molar-refractivity contribution in [1.29, 1.82) is 0 Å². The highest BCUT2D eigenvalue weighted by atomic mass is 16.3. The Labute approximate surface area is 122 Å². The van der Waals surface area contributed by atoms with Gasteiger partial charge in [-0.2, -0.15) is 0 Å². The van der Waals surface area contributed by atoms with Crippen molar-refractivity contribution >= 4 is 16.9 Å². The lowest BCUT2D eigenvalue weighted by Gasteiger charge is -2.21. The molecule has 2 bridgehead atoms. The van der Waals surface area contributed by atoms with Crippen molar-refractivity contribution in [2.45, 2.75) is 37.4 Å². The van der Waals surface area contributed by atoms with Gasteiger partial charge < -0.3 is 15.1 Å². The molecular formula is C17H16N2O2. The summed E-state index contributed by atoms with van der Waals surface area (Å²) in [7, 11) is 0. The SMILES string of the molecule is C#Cc1coc2ccc(C(=O)N[C@@H]3CC4CCC3N4)cc12. The van der Waals surface area contributed by atoms with E-state index >= 15 is 0 Å². The number of carbonyl (C=O) groups is 1. The predicted molar refractivity (Wildman–Crippen MR) is 80.0 cm³/mol. The van der Waals surface area contributed by atoms with E-state index in [4.69, 9.17) is 10.8 Å². The molecule has 3 heterocycles. The number of terminal acetylenes is 1. The highest BCUT2D eigenvalue weighted by Gasteiger charge is 2.39. The van der Waals surface area contributed by atoms with Gasteiger partial charge in [0.05, 0.1) is 5.56 Å². The minimum Gasteiger partial charge on any atom is -0.463 e. The minimum atomic E-state index is -0.0413. The van der Waals surface area contributed by atoms with Gasteiger partial charge in [0.25, 0.3) is 5.91 Å². The van der Waals surface area contributed by atoms with E-state index in [9.17, 15) is 4.79 Å². The minimum absolute atomic E-state index is 0.0413. The Kier molecular flexibility index (Phi) is 2.76. The number of hydrogen-bond donors (Lipinski definition) is 2. The number of carbonyl (C=O) groups excluding carboxylic acids is 1. The van der Waals surface area contributed by atoms with Gasteiger partial charge >= 0.3 is 0 Å². The largest absolute Gasteiger partial charge is 0.463 e. The Morgan fingerprint density at radius 2 is 2.33 bits per heavy atom. The maximum atomic E-state index is 12.4. The van der Waals surface area contributed by atoms with Crippen LogP contribution in [-0.2, 0) is 0 Å². The zero-order valence-corrected chi connectivity index (χ0v) is 11.6. The number of furan rings is 1. The lowest BCUT2D eigenvalue weighted by atomic mass is 9.95. The third kappa shape index (κ3) is 2.01. The van der Waals surface area contributed by atoms with Crippen LogP contribution >= 0.6 is 0 Å². The molecule has 2 saturated heterocycles. The van der Waals surface area contributed by atoms with E-state index in [1.165, 1.54) is 6.42 Å². The summed E-state index contributed by atoms with van der Waals surface area (Å²) < 4.78 is 5.36. The summed E-state index contributed by atoms with van der Waals surface area (Å²) in [6.07, 6.45) is 10.4. The molecule has 21 heavy (non-hydrogen) atoms. The van der Waals surface area contributed by atoms with Gasteiger partial charge in [0.15, 0.2) is 0 Å². The zero-order valence-electron chi connectivity index (χ0n) is 11.6.